The Morgan fingerprint density at radius 2 is 1.93 bits per heavy atom. The lowest BCUT2D eigenvalue weighted by Gasteiger charge is -2.62. The highest BCUT2D eigenvalue weighted by atomic mass is 16.6. The summed E-state index contributed by atoms with van der Waals surface area (Å²) in [5.74, 6) is -2.14. The van der Waals surface area contributed by atoms with Crippen LogP contribution in [0, 0.1) is 39.9 Å². The van der Waals surface area contributed by atoms with Crippen molar-refractivity contribution < 1.29 is 34.1 Å². The van der Waals surface area contributed by atoms with Gasteiger partial charge in [0.1, 0.15) is 17.3 Å². The SMILES string of the molecule is CC(=O)CCC1C(=O)C23CC1CC(O)C2C12COC(O)C1C(C)(C)CCC2OC3=O. The monoisotopic (exact) mass is 420 g/mol. The van der Waals surface area contributed by atoms with Crippen molar-refractivity contribution in [1.82, 2.24) is 0 Å². The summed E-state index contributed by atoms with van der Waals surface area (Å²) in [7, 11) is 0. The second-order valence-electron chi connectivity index (χ2n) is 11.1. The van der Waals surface area contributed by atoms with Crippen molar-refractivity contribution in [3.05, 3.63) is 0 Å². The minimum atomic E-state index is -1.39. The van der Waals surface area contributed by atoms with Crippen molar-refractivity contribution in [3.8, 4) is 0 Å². The fraction of sp³-hybridized carbons (Fsp3) is 0.870. The molecule has 5 rings (SSSR count). The van der Waals surface area contributed by atoms with Crippen LogP contribution in [0.4, 0.5) is 0 Å². The van der Waals surface area contributed by atoms with Crippen LogP contribution in [0.5, 0.6) is 0 Å². The molecule has 9 atom stereocenters. The second-order valence-corrected chi connectivity index (χ2v) is 11.1. The summed E-state index contributed by atoms with van der Waals surface area (Å²) in [4.78, 5) is 38.8. The first-order chi connectivity index (χ1) is 14.1. The molecule has 30 heavy (non-hydrogen) atoms. The van der Waals surface area contributed by atoms with Gasteiger partial charge in [-0.15, -0.1) is 0 Å². The smallest absolute Gasteiger partial charge is 0.320 e. The molecule has 2 aliphatic heterocycles. The Kier molecular flexibility index (Phi) is 4.36. The minimum Gasteiger partial charge on any atom is -0.461 e. The maximum atomic E-state index is 13.8. The number of ether oxygens (including phenoxy) is 2. The Labute approximate surface area is 176 Å². The molecule has 7 heteroatoms. The zero-order chi connectivity index (χ0) is 21.6. The Bertz CT molecular complexity index is 805. The van der Waals surface area contributed by atoms with E-state index in [1.54, 1.807) is 0 Å². The number of esters is 1. The highest BCUT2D eigenvalue weighted by Gasteiger charge is 2.79. The van der Waals surface area contributed by atoms with Crippen molar-refractivity contribution >= 4 is 17.5 Å². The van der Waals surface area contributed by atoms with E-state index in [0.29, 0.717) is 32.1 Å². The quantitative estimate of drug-likeness (QED) is 0.527. The van der Waals surface area contributed by atoms with Gasteiger partial charge in [-0.05, 0) is 50.4 Å². The third-order valence-electron chi connectivity index (χ3n) is 9.25. The topological polar surface area (TPSA) is 110 Å². The van der Waals surface area contributed by atoms with E-state index in [0.717, 1.165) is 6.42 Å². The van der Waals surface area contributed by atoms with Gasteiger partial charge >= 0.3 is 5.97 Å². The predicted molar refractivity (Wildman–Crippen MR) is 104 cm³/mol. The summed E-state index contributed by atoms with van der Waals surface area (Å²) in [6, 6.07) is 0. The molecule has 5 fully saturated rings. The summed E-state index contributed by atoms with van der Waals surface area (Å²) >= 11 is 0. The first-order valence-electron chi connectivity index (χ1n) is 11.3. The molecule has 2 bridgehead atoms. The van der Waals surface area contributed by atoms with Crippen LogP contribution in [0.25, 0.3) is 0 Å². The first kappa shape index (κ1) is 20.6. The van der Waals surface area contributed by atoms with Gasteiger partial charge in [0, 0.05) is 29.6 Å². The molecule has 2 saturated heterocycles. The number of aliphatic hydroxyl groups is 2. The van der Waals surface area contributed by atoms with Gasteiger partial charge < -0.3 is 24.5 Å². The largest absolute Gasteiger partial charge is 0.461 e. The van der Waals surface area contributed by atoms with Gasteiger partial charge in [-0.3, -0.25) is 9.59 Å². The summed E-state index contributed by atoms with van der Waals surface area (Å²) in [5, 5.41) is 22.2. The average molecular weight is 421 g/mol. The van der Waals surface area contributed by atoms with E-state index < -0.39 is 47.1 Å². The third kappa shape index (κ3) is 2.34. The Morgan fingerprint density at radius 1 is 1.20 bits per heavy atom. The molecular formula is C23H32O7. The Balaban J connectivity index is 1.63. The van der Waals surface area contributed by atoms with E-state index in [1.807, 2.05) is 0 Å². The number of hydrogen-bond acceptors (Lipinski definition) is 7. The summed E-state index contributed by atoms with van der Waals surface area (Å²) < 4.78 is 11.8. The van der Waals surface area contributed by atoms with Crippen LogP contribution in [0.15, 0.2) is 0 Å². The zero-order valence-electron chi connectivity index (χ0n) is 17.9. The molecule has 2 N–H and O–H groups in total. The van der Waals surface area contributed by atoms with Crippen LogP contribution in [0.2, 0.25) is 0 Å². The molecule has 3 aliphatic carbocycles. The van der Waals surface area contributed by atoms with Crippen molar-refractivity contribution in [2.45, 2.75) is 77.8 Å². The molecule has 166 valence electrons. The fourth-order valence-electron chi connectivity index (χ4n) is 8.26. The number of rotatable bonds is 3. The van der Waals surface area contributed by atoms with Crippen LogP contribution >= 0.6 is 0 Å². The lowest BCUT2D eigenvalue weighted by molar-refractivity contribution is -0.251. The number of hydrogen-bond donors (Lipinski definition) is 2. The van der Waals surface area contributed by atoms with Crippen LogP contribution in [0.3, 0.4) is 0 Å². The van der Waals surface area contributed by atoms with E-state index in [-0.39, 0.29) is 35.4 Å². The number of aliphatic hydroxyl groups excluding tert-OH is 2. The molecule has 5 aliphatic rings. The molecule has 0 amide bonds. The Morgan fingerprint density at radius 3 is 2.63 bits per heavy atom. The van der Waals surface area contributed by atoms with Gasteiger partial charge in [-0.25, -0.2) is 0 Å². The van der Waals surface area contributed by atoms with Crippen molar-refractivity contribution in [3.63, 3.8) is 0 Å². The van der Waals surface area contributed by atoms with E-state index in [9.17, 15) is 24.6 Å². The van der Waals surface area contributed by atoms with Crippen LogP contribution in [0.1, 0.15) is 59.3 Å². The summed E-state index contributed by atoms with van der Waals surface area (Å²) in [5.41, 5.74) is -2.44. The predicted octanol–water partition coefficient (Wildman–Crippen LogP) is 1.62. The van der Waals surface area contributed by atoms with Crippen molar-refractivity contribution in [1.29, 1.82) is 0 Å². The molecular weight excluding hydrogens is 388 g/mol. The van der Waals surface area contributed by atoms with Crippen LogP contribution in [-0.2, 0) is 23.9 Å². The van der Waals surface area contributed by atoms with E-state index in [1.165, 1.54) is 6.92 Å². The highest BCUT2D eigenvalue weighted by molar-refractivity contribution is 6.08. The van der Waals surface area contributed by atoms with Gasteiger partial charge in [-0.2, -0.15) is 0 Å². The summed E-state index contributed by atoms with van der Waals surface area (Å²) in [6.07, 6.45) is 0.607. The molecule has 0 aromatic carbocycles. The molecule has 0 aromatic rings. The average Bonchev–Trinajstić information content (AvgIpc) is 3.11. The summed E-state index contributed by atoms with van der Waals surface area (Å²) in [6.45, 7) is 5.85. The van der Waals surface area contributed by atoms with Crippen LogP contribution in [-0.4, -0.2) is 52.9 Å². The minimum absolute atomic E-state index is 0.0186. The number of Topliss-reactive ketones (excluding diaryl/α,β-unsaturated/α-hetero) is 2. The fourth-order valence-corrected chi connectivity index (χ4v) is 8.26. The zero-order valence-corrected chi connectivity index (χ0v) is 17.9. The lowest BCUT2D eigenvalue weighted by atomic mass is 9.43. The van der Waals surface area contributed by atoms with E-state index >= 15 is 0 Å². The number of fused-ring (bicyclic) bond motifs is 1. The molecule has 3 saturated carbocycles. The van der Waals surface area contributed by atoms with Crippen molar-refractivity contribution in [2.75, 3.05) is 6.61 Å². The number of carbonyl (C=O) groups excluding carboxylic acids is 3. The van der Waals surface area contributed by atoms with E-state index in [4.69, 9.17) is 9.47 Å². The van der Waals surface area contributed by atoms with Gasteiger partial charge in [0.25, 0.3) is 0 Å². The van der Waals surface area contributed by atoms with E-state index in [2.05, 4.69) is 13.8 Å². The lowest BCUT2D eigenvalue weighted by Crippen LogP contribution is -2.70. The molecule has 7 nitrogen and oxygen atoms in total. The first-order valence-corrected chi connectivity index (χ1v) is 11.3. The van der Waals surface area contributed by atoms with Gasteiger partial charge in [0.05, 0.1) is 12.7 Å². The number of ketones is 2. The second kappa shape index (κ2) is 6.36. The molecule has 9 unspecified atom stereocenters. The Hall–Kier alpha value is -1.31. The molecule has 0 radical (unpaired) electrons. The standard InChI is InChI=1S/C23H32O7/c1-11(24)4-5-13-12-8-14(25)16-22(9-12,18(13)26)20(28)30-15-6-7-21(2,3)17-19(27)29-10-23(15,16)17/h12-17,19,25,27H,4-10H2,1-3H3. The number of carbonyl (C=O) groups is 3. The van der Waals surface area contributed by atoms with Gasteiger partial charge in [0.2, 0.25) is 0 Å². The molecule has 0 aromatic heterocycles. The van der Waals surface area contributed by atoms with Gasteiger partial charge in [-0.1, -0.05) is 13.8 Å². The maximum Gasteiger partial charge on any atom is 0.320 e. The van der Waals surface area contributed by atoms with Gasteiger partial charge in [0.15, 0.2) is 12.1 Å². The third-order valence-corrected chi connectivity index (χ3v) is 9.25. The normalized spacial score (nSPS) is 51.0. The molecule has 2 spiro atoms. The van der Waals surface area contributed by atoms with Crippen LogP contribution < -0.4 is 0 Å². The maximum absolute atomic E-state index is 13.8. The molecule has 2 heterocycles. The van der Waals surface area contributed by atoms with Crippen molar-refractivity contribution in [2.24, 2.45) is 39.9 Å². The highest BCUT2D eigenvalue weighted by Crippen LogP contribution is 2.71.